The maximum absolute atomic E-state index is 12.8. The second-order valence-electron chi connectivity index (χ2n) is 6.54. The van der Waals surface area contributed by atoms with Crippen molar-refractivity contribution in [2.45, 2.75) is 32.7 Å². The SMILES string of the molecule is Cc1ccc(NC(=O)c2ccccc2)c(=O)n1CC(=O)N1CCCCC1. The molecular formula is C20H23N3O3. The highest BCUT2D eigenvalue weighted by Gasteiger charge is 2.19. The zero-order chi connectivity index (χ0) is 18.5. The Morgan fingerprint density at radius 1 is 1.00 bits per heavy atom. The van der Waals surface area contributed by atoms with Crippen LogP contribution in [0.25, 0.3) is 0 Å². The fraction of sp³-hybridized carbons (Fsp3) is 0.350. The average Bonchev–Trinajstić information content (AvgIpc) is 2.68. The van der Waals surface area contributed by atoms with E-state index in [1.807, 2.05) is 11.0 Å². The Morgan fingerprint density at radius 3 is 2.38 bits per heavy atom. The number of likely N-dealkylation sites (tertiary alicyclic amines) is 1. The predicted molar refractivity (Wildman–Crippen MR) is 100 cm³/mol. The minimum Gasteiger partial charge on any atom is -0.341 e. The van der Waals surface area contributed by atoms with Crippen molar-refractivity contribution in [3.05, 3.63) is 64.1 Å². The Morgan fingerprint density at radius 2 is 1.69 bits per heavy atom. The molecule has 26 heavy (non-hydrogen) atoms. The number of aromatic nitrogens is 1. The highest BCUT2D eigenvalue weighted by molar-refractivity contribution is 6.04. The average molecular weight is 353 g/mol. The third kappa shape index (κ3) is 4.02. The van der Waals surface area contributed by atoms with Gasteiger partial charge in [0.15, 0.2) is 0 Å². The zero-order valence-corrected chi connectivity index (χ0v) is 14.9. The molecule has 1 saturated heterocycles. The third-order valence-corrected chi connectivity index (χ3v) is 4.68. The molecule has 1 aliphatic heterocycles. The summed E-state index contributed by atoms with van der Waals surface area (Å²) in [6.07, 6.45) is 3.16. The van der Waals surface area contributed by atoms with Crippen molar-refractivity contribution < 1.29 is 9.59 Å². The molecule has 0 atom stereocenters. The minimum atomic E-state index is -0.361. The smallest absolute Gasteiger partial charge is 0.274 e. The lowest BCUT2D eigenvalue weighted by atomic mass is 10.1. The van der Waals surface area contributed by atoms with Crippen LogP contribution in [0.1, 0.15) is 35.3 Å². The zero-order valence-electron chi connectivity index (χ0n) is 14.9. The molecule has 1 aromatic carbocycles. The fourth-order valence-electron chi connectivity index (χ4n) is 3.12. The van der Waals surface area contributed by atoms with E-state index in [1.165, 1.54) is 4.57 Å². The highest BCUT2D eigenvalue weighted by atomic mass is 16.2. The van der Waals surface area contributed by atoms with Crippen molar-refractivity contribution >= 4 is 17.5 Å². The molecule has 0 unspecified atom stereocenters. The summed E-state index contributed by atoms with van der Waals surface area (Å²) < 4.78 is 1.43. The van der Waals surface area contributed by atoms with Gasteiger partial charge in [-0.2, -0.15) is 0 Å². The van der Waals surface area contributed by atoms with Gasteiger partial charge in [0.25, 0.3) is 11.5 Å². The summed E-state index contributed by atoms with van der Waals surface area (Å²) in [5.41, 5.74) is 0.983. The van der Waals surface area contributed by atoms with Crippen molar-refractivity contribution in [2.24, 2.45) is 0 Å². The van der Waals surface area contributed by atoms with E-state index in [2.05, 4.69) is 5.32 Å². The Balaban J connectivity index is 1.79. The Hall–Kier alpha value is -2.89. The second kappa shape index (κ2) is 7.99. The van der Waals surface area contributed by atoms with Crippen molar-refractivity contribution in [3.63, 3.8) is 0 Å². The van der Waals surface area contributed by atoms with Crippen LogP contribution in [-0.2, 0) is 11.3 Å². The number of piperidine rings is 1. The van der Waals surface area contributed by atoms with Gasteiger partial charge in [-0.15, -0.1) is 0 Å². The first-order chi connectivity index (χ1) is 12.6. The summed E-state index contributed by atoms with van der Waals surface area (Å²) in [5.74, 6) is -0.401. The number of hydrogen-bond acceptors (Lipinski definition) is 3. The van der Waals surface area contributed by atoms with Crippen molar-refractivity contribution in [3.8, 4) is 0 Å². The molecule has 0 radical (unpaired) electrons. The number of nitrogens with zero attached hydrogens (tertiary/aromatic N) is 2. The molecule has 2 aromatic rings. The minimum absolute atomic E-state index is 0.000284. The quantitative estimate of drug-likeness (QED) is 0.918. The van der Waals surface area contributed by atoms with E-state index in [1.54, 1.807) is 43.3 Å². The fourth-order valence-corrected chi connectivity index (χ4v) is 3.12. The molecule has 6 nitrogen and oxygen atoms in total. The molecule has 136 valence electrons. The van der Waals surface area contributed by atoms with Gasteiger partial charge < -0.3 is 14.8 Å². The number of hydrogen-bond donors (Lipinski definition) is 1. The van der Waals surface area contributed by atoms with Crippen LogP contribution in [0, 0.1) is 6.92 Å². The lowest BCUT2D eigenvalue weighted by Gasteiger charge is -2.27. The van der Waals surface area contributed by atoms with Crippen LogP contribution >= 0.6 is 0 Å². The summed E-state index contributed by atoms with van der Waals surface area (Å²) in [6.45, 7) is 3.28. The first-order valence-electron chi connectivity index (χ1n) is 8.91. The van der Waals surface area contributed by atoms with Gasteiger partial charge in [0.2, 0.25) is 5.91 Å². The van der Waals surface area contributed by atoms with Crippen LogP contribution in [0.2, 0.25) is 0 Å². The molecule has 2 amide bonds. The number of aryl methyl sites for hydroxylation is 1. The van der Waals surface area contributed by atoms with E-state index in [4.69, 9.17) is 0 Å². The van der Waals surface area contributed by atoms with Crippen LogP contribution in [0.15, 0.2) is 47.3 Å². The van der Waals surface area contributed by atoms with Crippen LogP contribution < -0.4 is 10.9 Å². The largest absolute Gasteiger partial charge is 0.341 e. The maximum Gasteiger partial charge on any atom is 0.274 e. The van der Waals surface area contributed by atoms with Gasteiger partial charge in [-0.05, 0) is 50.5 Å². The number of benzene rings is 1. The number of nitrogens with one attached hydrogen (secondary N) is 1. The predicted octanol–water partition coefficient (Wildman–Crippen LogP) is 2.42. The summed E-state index contributed by atoms with van der Waals surface area (Å²) in [4.78, 5) is 39.4. The van der Waals surface area contributed by atoms with Crippen molar-refractivity contribution in [1.82, 2.24) is 9.47 Å². The Bertz CT molecular complexity index is 852. The maximum atomic E-state index is 12.8. The van der Waals surface area contributed by atoms with Crippen molar-refractivity contribution in [2.75, 3.05) is 18.4 Å². The number of carbonyl (C=O) groups excluding carboxylic acids is 2. The van der Waals surface area contributed by atoms with Gasteiger partial charge in [0.1, 0.15) is 12.2 Å². The van der Waals surface area contributed by atoms with Gasteiger partial charge >= 0.3 is 0 Å². The van der Waals surface area contributed by atoms with Crippen LogP contribution in [0.3, 0.4) is 0 Å². The molecule has 3 rings (SSSR count). The van der Waals surface area contributed by atoms with Gasteiger partial charge in [0, 0.05) is 24.3 Å². The van der Waals surface area contributed by atoms with E-state index in [9.17, 15) is 14.4 Å². The number of amides is 2. The molecule has 1 fully saturated rings. The lowest BCUT2D eigenvalue weighted by Crippen LogP contribution is -2.40. The third-order valence-electron chi connectivity index (χ3n) is 4.68. The molecule has 0 saturated carbocycles. The van der Waals surface area contributed by atoms with E-state index in [0.29, 0.717) is 11.3 Å². The van der Waals surface area contributed by atoms with Crippen LogP contribution in [0.5, 0.6) is 0 Å². The summed E-state index contributed by atoms with van der Waals surface area (Å²) in [5, 5.41) is 2.65. The van der Waals surface area contributed by atoms with Gasteiger partial charge in [-0.25, -0.2) is 0 Å². The van der Waals surface area contributed by atoms with Crippen molar-refractivity contribution in [1.29, 1.82) is 0 Å². The summed E-state index contributed by atoms with van der Waals surface area (Å²) >= 11 is 0. The number of rotatable bonds is 4. The molecule has 1 aliphatic rings. The molecular weight excluding hydrogens is 330 g/mol. The molecule has 0 aliphatic carbocycles. The van der Waals surface area contributed by atoms with Crippen LogP contribution in [0.4, 0.5) is 5.69 Å². The van der Waals surface area contributed by atoms with Gasteiger partial charge in [-0.1, -0.05) is 18.2 Å². The van der Waals surface area contributed by atoms with E-state index in [0.717, 1.165) is 32.4 Å². The summed E-state index contributed by atoms with van der Waals surface area (Å²) in [7, 11) is 0. The number of carbonyl (C=O) groups is 2. The standard InChI is InChI=1S/C20H23N3O3/c1-15-10-11-17(21-19(25)16-8-4-2-5-9-16)20(26)23(15)14-18(24)22-12-6-3-7-13-22/h2,4-5,8-11H,3,6-7,12-14H2,1H3,(H,21,25). The normalized spacial score (nSPS) is 14.1. The highest BCUT2D eigenvalue weighted by Crippen LogP contribution is 2.11. The molecule has 6 heteroatoms. The molecule has 1 N–H and O–H groups in total. The van der Waals surface area contributed by atoms with Gasteiger partial charge in [0.05, 0.1) is 0 Å². The van der Waals surface area contributed by atoms with E-state index >= 15 is 0 Å². The second-order valence-corrected chi connectivity index (χ2v) is 6.54. The van der Waals surface area contributed by atoms with Crippen LogP contribution in [-0.4, -0.2) is 34.4 Å². The number of pyridine rings is 1. The first-order valence-corrected chi connectivity index (χ1v) is 8.91. The van der Waals surface area contributed by atoms with E-state index < -0.39 is 0 Å². The number of anilines is 1. The van der Waals surface area contributed by atoms with Gasteiger partial charge in [-0.3, -0.25) is 14.4 Å². The topological polar surface area (TPSA) is 71.4 Å². The Kier molecular flexibility index (Phi) is 5.51. The summed E-state index contributed by atoms with van der Waals surface area (Å²) in [6, 6.07) is 12.0. The first kappa shape index (κ1) is 17.9. The lowest BCUT2D eigenvalue weighted by molar-refractivity contribution is -0.132. The molecule has 0 spiro atoms. The molecule has 1 aromatic heterocycles. The van der Waals surface area contributed by atoms with E-state index in [-0.39, 0.29) is 29.6 Å². The molecule has 2 heterocycles. The monoisotopic (exact) mass is 353 g/mol. The molecule has 0 bridgehead atoms. The Labute approximate surface area is 152 Å².